The summed E-state index contributed by atoms with van der Waals surface area (Å²) >= 11 is 0. The van der Waals surface area contributed by atoms with Gasteiger partial charge in [0.2, 0.25) is 0 Å². The lowest BCUT2D eigenvalue weighted by Gasteiger charge is -2.42. The number of hydrogen-bond acceptors (Lipinski definition) is 4. The smallest absolute Gasteiger partial charge is 0.0645 e. The minimum Gasteiger partial charge on any atom is -0.394 e. The third-order valence-corrected chi connectivity index (χ3v) is 4.41. The van der Waals surface area contributed by atoms with Crippen LogP contribution >= 0.6 is 0 Å². The first-order valence-corrected chi connectivity index (χ1v) is 7.12. The van der Waals surface area contributed by atoms with Gasteiger partial charge in [-0.3, -0.25) is 4.90 Å². The number of rotatable bonds is 7. The summed E-state index contributed by atoms with van der Waals surface area (Å²) in [6.45, 7) is 10.6. The lowest BCUT2D eigenvalue weighted by molar-refractivity contribution is -0.0522. The molecule has 0 aromatic rings. The second kappa shape index (κ2) is 6.85. The summed E-state index contributed by atoms with van der Waals surface area (Å²) in [5.41, 5.74) is 0.0441. The van der Waals surface area contributed by atoms with Gasteiger partial charge in [0.25, 0.3) is 0 Å². The van der Waals surface area contributed by atoms with Gasteiger partial charge in [-0.15, -0.1) is 0 Å². The molecule has 1 unspecified atom stereocenters. The fourth-order valence-electron chi connectivity index (χ4n) is 2.66. The first-order valence-electron chi connectivity index (χ1n) is 7.12. The molecule has 1 rings (SSSR count). The molecule has 2 N–H and O–H groups in total. The highest BCUT2D eigenvalue weighted by atomic mass is 16.5. The number of aliphatic hydroxyl groups excluding tert-OH is 1. The maximum absolute atomic E-state index is 9.52. The van der Waals surface area contributed by atoms with Crippen LogP contribution in [-0.4, -0.2) is 61.0 Å². The number of morpholine rings is 1. The van der Waals surface area contributed by atoms with Crippen molar-refractivity contribution in [1.29, 1.82) is 0 Å². The summed E-state index contributed by atoms with van der Waals surface area (Å²) in [5.74, 6) is 0. The largest absolute Gasteiger partial charge is 0.394 e. The Balaban J connectivity index is 2.40. The zero-order valence-corrected chi connectivity index (χ0v) is 12.5. The standard InChI is InChI=1S/C14H30N2O2/c1-5-14(11-17,15-4)7-6-8-16-9-10-18-12-13(16,2)3/h15,17H,5-12H2,1-4H3. The van der Waals surface area contributed by atoms with Gasteiger partial charge < -0.3 is 15.2 Å². The van der Waals surface area contributed by atoms with E-state index in [1.807, 2.05) is 7.05 Å². The van der Waals surface area contributed by atoms with E-state index in [9.17, 15) is 5.11 Å². The number of ether oxygens (including phenoxy) is 1. The summed E-state index contributed by atoms with van der Waals surface area (Å²) in [7, 11) is 1.94. The second-order valence-corrected chi connectivity index (χ2v) is 6.00. The van der Waals surface area contributed by atoms with Crippen molar-refractivity contribution in [3.05, 3.63) is 0 Å². The molecule has 0 spiro atoms. The summed E-state index contributed by atoms with van der Waals surface area (Å²) < 4.78 is 5.53. The molecule has 4 nitrogen and oxygen atoms in total. The molecule has 1 fully saturated rings. The fourth-order valence-corrected chi connectivity index (χ4v) is 2.66. The highest BCUT2D eigenvalue weighted by Crippen LogP contribution is 2.22. The molecule has 1 saturated heterocycles. The van der Waals surface area contributed by atoms with E-state index in [0.717, 1.165) is 45.6 Å². The zero-order chi connectivity index (χ0) is 13.6. The van der Waals surface area contributed by atoms with Crippen molar-refractivity contribution in [2.24, 2.45) is 0 Å². The lowest BCUT2D eigenvalue weighted by Crippen LogP contribution is -2.53. The third kappa shape index (κ3) is 3.92. The van der Waals surface area contributed by atoms with Crippen molar-refractivity contribution < 1.29 is 9.84 Å². The van der Waals surface area contributed by atoms with Gasteiger partial charge in [-0.25, -0.2) is 0 Å². The normalized spacial score (nSPS) is 23.8. The van der Waals surface area contributed by atoms with Gasteiger partial charge in [0.05, 0.1) is 19.8 Å². The van der Waals surface area contributed by atoms with Crippen LogP contribution in [0, 0.1) is 0 Å². The quantitative estimate of drug-likeness (QED) is 0.721. The first-order chi connectivity index (χ1) is 8.49. The Kier molecular flexibility index (Phi) is 6.05. The van der Waals surface area contributed by atoms with E-state index in [2.05, 4.69) is 31.0 Å². The first kappa shape index (κ1) is 15.9. The van der Waals surface area contributed by atoms with Crippen LogP contribution in [0.15, 0.2) is 0 Å². The van der Waals surface area contributed by atoms with Gasteiger partial charge in [-0.05, 0) is 46.7 Å². The van der Waals surface area contributed by atoms with Crippen LogP contribution in [0.25, 0.3) is 0 Å². The topological polar surface area (TPSA) is 44.7 Å². The van der Waals surface area contributed by atoms with Crippen LogP contribution in [0.5, 0.6) is 0 Å². The van der Waals surface area contributed by atoms with Gasteiger partial charge in [0.15, 0.2) is 0 Å². The number of hydrogen-bond donors (Lipinski definition) is 2. The van der Waals surface area contributed by atoms with Gasteiger partial charge >= 0.3 is 0 Å². The van der Waals surface area contributed by atoms with Gasteiger partial charge in [-0.2, -0.15) is 0 Å². The molecule has 1 heterocycles. The Hall–Kier alpha value is -0.160. The van der Waals surface area contributed by atoms with E-state index in [1.165, 1.54) is 0 Å². The number of likely N-dealkylation sites (N-methyl/N-ethyl adjacent to an activating group) is 1. The number of nitrogens with zero attached hydrogens (tertiary/aromatic N) is 1. The molecule has 0 radical (unpaired) electrons. The molecule has 0 saturated carbocycles. The molecule has 4 heteroatoms. The molecule has 108 valence electrons. The third-order valence-electron chi connectivity index (χ3n) is 4.41. The van der Waals surface area contributed by atoms with Gasteiger partial charge in [0, 0.05) is 17.6 Å². The van der Waals surface area contributed by atoms with Crippen LogP contribution in [0.4, 0.5) is 0 Å². The Morgan fingerprint density at radius 1 is 1.44 bits per heavy atom. The Labute approximate surface area is 112 Å². The van der Waals surface area contributed by atoms with Crippen LogP contribution in [0.2, 0.25) is 0 Å². The van der Waals surface area contributed by atoms with Gasteiger partial charge in [-0.1, -0.05) is 6.92 Å². The summed E-state index contributed by atoms with van der Waals surface area (Å²) in [6.07, 6.45) is 3.09. The zero-order valence-electron chi connectivity index (χ0n) is 12.5. The Morgan fingerprint density at radius 3 is 2.67 bits per heavy atom. The van der Waals surface area contributed by atoms with Crippen LogP contribution in [0.3, 0.4) is 0 Å². The number of nitrogens with one attached hydrogen (secondary N) is 1. The highest BCUT2D eigenvalue weighted by molar-refractivity contribution is 4.87. The van der Waals surface area contributed by atoms with Crippen molar-refractivity contribution in [3.63, 3.8) is 0 Å². The maximum Gasteiger partial charge on any atom is 0.0645 e. The van der Waals surface area contributed by atoms with Crippen molar-refractivity contribution in [1.82, 2.24) is 10.2 Å². The van der Waals surface area contributed by atoms with E-state index >= 15 is 0 Å². The van der Waals surface area contributed by atoms with E-state index in [0.29, 0.717) is 0 Å². The molecule has 0 amide bonds. The van der Waals surface area contributed by atoms with Crippen molar-refractivity contribution in [2.75, 3.05) is 40.0 Å². The molecular formula is C14H30N2O2. The average Bonchev–Trinajstić information content (AvgIpc) is 2.37. The fraction of sp³-hybridized carbons (Fsp3) is 1.00. The van der Waals surface area contributed by atoms with E-state index in [1.54, 1.807) is 0 Å². The molecule has 0 aliphatic carbocycles. The second-order valence-electron chi connectivity index (χ2n) is 6.00. The van der Waals surface area contributed by atoms with Crippen LogP contribution in [-0.2, 0) is 4.74 Å². The predicted octanol–water partition coefficient (Wildman–Crippen LogP) is 1.24. The van der Waals surface area contributed by atoms with Crippen molar-refractivity contribution in [3.8, 4) is 0 Å². The van der Waals surface area contributed by atoms with Crippen molar-refractivity contribution >= 4 is 0 Å². The minimum atomic E-state index is -0.101. The van der Waals surface area contributed by atoms with E-state index in [4.69, 9.17) is 4.74 Å². The molecular weight excluding hydrogens is 228 g/mol. The summed E-state index contributed by atoms with van der Waals surface area (Å²) in [4.78, 5) is 2.50. The average molecular weight is 258 g/mol. The molecule has 1 atom stereocenters. The van der Waals surface area contributed by atoms with Crippen molar-refractivity contribution in [2.45, 2.75) is 51.1 Å². The van der Waals surface area contributed by atoms with Crippen LogP contribution < -0.4 is 5.32 Å². The van der Waals surface area contributed by atoms with Crippen LogP contribution in [0.1, 0.15) is 40.0 Å². The Morgan fingerprint density at radius 2 is 2.17 bits per heavy atom. The maximum atomic E-state index is 9.52. The summed E-state index contributed by atoms with van der Waals surface area (Å²) in [6, 6.07) is 0. The number of aliphatic hydroxyl groups is 1. The molecule has 18 heavy (non-hydrogen) atoms. The van der Waals surface area contributed by atoms with E-state index < -0.39 is 0 Å². The van der Waals surface area contributed by atoms with E-state index in [-0.39, 0.29) is 17.7 Å². The highest BCUT2D eigenvalue weighted by Gasteiger charge is 2.31. The lowest BCUT2D eigenvalue weighted by atomic mass is 9.91. The SMILES string of the molecule is CCC(CO)(CCCN1CCOCC1(C)C)NC. The summed E-state index contributed by atoms with van der Waals surface area (Å²) in [5, 5.41) is 12.8. The van der Waals surface area contributed by atoms with Gasteiger partial charge in [0.1, 0.15) is 0 Å². The molecule has 1 aliphatic heterocycles. The Bertz CT molecular complexity index is 232. The molecule has 0 aromatic heterocycles. The molecule has 1 aliphatic rings. The molecule has 0 bridgehead atoms. The predicted molar refractivity (Wildman–Crippen MR) is 74.9 cm³/mol. The molecule has 0 aromatic carbocycles. The monoisotopic (exact) mass is 258 g/mol. The minimum absolute atomic E-state index is 0.101.